The molecule has 0 fully saturated rings. The summed E-state index contributed by atoms with van der Waals surface area (Å²) in [4.78, 5) is 27.8. The van der Waals surface area contributed by atoms with Crippen LogP contribution in [0.5, 0.6) is 5.75 Å². The monoisotopic (exact) mass is 342 g/mol. The molecule has 0 saturated carbocycles. The van der Waals surface area contributed by atoms with Gasteiger partial charge in [0.05, 0.1) is 6.20 Å². The highest BCUT2D eigenvalue weighted by molar-refractivity contribution is 5.97. The molecule has 0 aliphatic heterocycles. The van der Waals surface area contributed by atoms with E-state index in [1.165, 1.54) is 6.92 Å². The summed E-state index contributed by atoms with van der Waals surface area (Å²) >= 11 is 0. The van der Waals surface area contributed by atoms with Gasteiger partial charge in [-0.15, -0.1) is 0 Å². The maximum absolute atomic E-state index is 12.4. The van der Waals surface area contributed by atoms with E-state index >= 15 is 0 Å². The third-order valence-corrected chi connectivity index (χ3v) is 4.05. The van der Waals surface area contributed by atoms with Crippen LogP contribution in [-0.2, 0) is 11.4 Å². The Labute approximate surface area is 146 Å². The highest BCUT2D eigenvalue weighted by Crippen LogP contribution is 2.15. The molecule has 2 N–H and O–H groups in total. The molecule has 6 heteroatoms. The summed E-state index contributed by atoms with van der Waals surface area (Å²) in [5, 5.41) is 11.8. The second-order valence-electron chi connectivity index (χ2n) is 6.07. The molecule has 1 aromatic carbocycles. The number of nitrogens with zero attached hydrogens (tertiary/aromatic N) is 1. The van der Waals surface area contributed by atoms with Crippen molar-refractivity contribution in [3.63, 3.8) is 0 Å². The van der Waals surface area contributed by atoms with Crippen LogP contribution in [0.4, 0.5) is 0 Å². The van der Waals surface area contributed by atoms with Gasteiger partial charge >= 0.3 is 5.97 Å². The number of ether oxygens (including phenoxy) is 1. The lowest BCUT2D eigenvalue weighted by Crippen LogP contribution is -2.51. The van der Waals surface area contributed by atoms with Crippen molar-refractivity contribution in [2.24, 2.45) is 0 Å². The second-order valence-corrected chi connectivity index (χ2v) is 6.07. The number of hydrogen-bond donors (Lipinski definition) is 2. The maximum atomic E-state index is 12.4. The fourth-order valence-electron chi connectivity index (χ4n) is 2.12. The van der Waals surface area contributed by atoms with E-state index in [4.69, 9.17) is 4.74 Å². The first kappa shape index (κ1) is 18.4. The number of nitrogens with one attached hydrogen (secondary N) is 1. The number of carbonyl (C=O) groups is 2. The van der Waals surface area contributed by atoms with Gasteiger partial charge in [0.15, 0.2) is 0 Å². The number of benzene rings is 1. The molecule has 1 heterocycles. The predicted molar refractivity (Wildman–Crippen MR) is 93.5 cm³/mol. The summed E-state index contributed by atoms with van der Waals surface area (Å²) in [6.45, 7) is 5.39. The van der Waals surface area contributed by atoms with E-state index < -0.39 is 17.4 Å². The lowest BCUT2D eigenvalue weighted by Gasteiger charge is -2.24. The SMILES string of the molecule is CCC(C)(NC(=O)c1cccc(COc2ccc(C)nc2)c1)C(=O)O. The Hall–Kier alpha value is -2.89. The third-order valence-electron chi connectivity index (χ3n) is 4.05. The van der Waals surface area contributed by atoms with Crippen molar-refractivity contribution >= 4 is 11.9 Å². The van der Waals surface area contributed by atoms with E-state index in [1.807, 2.05) is 25.1 Å². The van der Waals surface area contributed by atoms with Gasteiger partial charge in [-0.1, -0.05) is 19.1 Å². The van der Waals surface area contributed by atoms with E-state index in [-0.39, 0.29) is 13.0 Å². The van der Waals surface area contributed by atoms with E-state index in [1.54, 1.807) is 31.3 Å². The highest BCUT2D eigenvalue weighted by Gasteiger charge is 2.33. The molecule has 0 radical (unpaired) electrons. The number of carboxylic acid groups (broad SMARTS) is 1. The van der Waals surface area contributed by atoms with Crippen LogP contribution in [0.15, 0.2) is 42.6 Å². The number of carboxylic acids is 1. The molecule has 0 saturated heterocycles. The first-order chi connectivity index (χ1) is 11.8. The number of aryl methyl sites for hydroxylation is 1. The predicted octanol–water partition coefficient (Wildman–Crippen LogP) is 2.95. The third kappa shape index (κ3) is 4.79. The minimum absolute atomic E-state index is 0.288. The molecule has 1 atom stereocenters. The minimum Gasteiger partial charge on any atom is -0.487 e. The fourth-order valence-corrected chi connectivity index (χ4v) is 2.12. The van der Waals surface area contributed by atoms with E-state index in [0.717, 1.165) is 11.3 Å². The lowest BCUT2D eigenvalue weighted by molar-refractivity contribution is -0.143. The number of pyridine rings is 1. The molecular weight excluding hydrogens is 320 g/mol. The normalized spacial score (nSPS) is 12.9. The van der Waals surface area contributed by atoms with Crippen LogP contribution < -0.4 is 10.1 Å². The summed E-state index contributed by atoms with van der Waals surface area (Å²) in [6, 6.07) is 10.6. The molecular formula is C19H22N2O4. The zero-order valence-electron chi connectivity index (χ0n) is 14.6. The topological polar surface area (TPSA) is 88.5 Å². The summed E-state index contributed by atoms with van der Waals surface area (Å²) in [5.74, 6) is -0.842. The van der Waals surface area contributed by atoms with Gasteiger partial charge in [0.2, 0.25) is 0 Å². The summed E-state index contributed by atoms with van der Waals surface area (Å²) in [5.41, 5.74) is 0.811. The molecule has 1 aromatic heterocycles. The summed E-state index contributed by atoms with van der Waals surface area (Å²) in [7, 11) is 0. The smallest absolute Gasteiger partial charge is 0.329 e. The Kier molecular flexibility index (Phi) is 5.75. The fraction of sp³-hybridized carbons (Fsp3) is 0.316. The Morgan fingerprint density at radius 2 is 2.04 bits per heavy atom. The molecule has 2 rings (SSSR count). The number of rotatable bonds is 7. The zero-order valence-corrected chi connectivity index (χ0v) is 14.6. The number of amides is 1. The molecule has 0 spiro atoms. The molecule has 0 aliphatic rings. The van der Waals surface area contributed by atoms with Crippen molar-refractivity contribution in [1.29, 1.82) is 0 Å². The second kappa shape index (κ2) is 7.79. The van der Waals surface area contributed by atoms with Crippen molar-refractivity contribution in [3.8, 4) is 5.75 Å². The zero-order chi connectivity index (χ0) is 18.4. The Morgan fingerprint density at radius 1 is 1.28 bits per heavy atom. The number of hydrogen-bond acceptors (Lipinski definition) is 4. The van der Waals surface area contributed by atoms with Gasteiger partial charge in [-0.25, -0.2) is 4.79 Å². The first-order valence-electron chi connectivity index (χ1n) is 8.04. The minimum atomic E-state index is -1.29. The Balaban J connectivity index is 2.06. The van der Waals surface area contributed by atoms with Crippen molar-refractivity contribution in [2.75, 3.05) is 0 Å². The van der Waals surface area contributed by atoms with Crippen molar-refractivity contribution in [3.05, 3.63) is 59.4 Å². The van der Waals surface area contributed by atoms with Gasteiger partial charge in [0.1, 0.15) is 17.9 Å². The van der Waals surface area contributed by atoms with Crippen LogP contribution in [0.1, 0.15) is 41.9 Å². The van der Waals surface area contributed by atoms with Gasteiger partial charge in [-0.3, -0.25) is 9.78 Å². The molecule has 0 bridgehead atoms. The first-order valence-corrected chi connectivity index (χ1v) is 8.04. The van der Waals surface area contributed by atoms with Gasteiger partial charge in [-0.05, 0) is 50.1 Å². The summed E-state index contributed by atoms with van der Waals surface area (Å²) in [6.07, 6.45) is 1.93. The average Bonchev–Trinajstić information content (AvgIpc) is 2.61. The van der Waals surface area contributed by atoms with Crippen LogP contribution in [0, 0.1) is 6.92 Å². The maximum Gasteiger partial charge on any atom is 0.329 e. The number of aliphatic carboxylic acids is 1. The molecule has 1 amide bonds. The van der Waals surface area contributed by atoms with Crippen LogP contribution in [0.3, 0.4) is 0 Å². The molecule has 6 nitrogen and oxygen atoms in total. The molecule has 1 unspecified atom stereocenters. The quantitative estimate of drug-likeness (QED) is 0.807. The largest absolute Gasteiger partial charge is 0.487 e. The van der Waals surface area contributed by atoms with Crippen molar-refractivity contribution in [1.82, 2.24) is 10.3 Å². The lowest BCUT2D eigenvalue weighted by atomic mass is 9.98. The summed E-state index contributed by atoms with van der Waals surface area (Å²) < 4.78 is 5.65. The molecule has 0 aliphatic carbocycles. The average molecular weight is 342 g/mol. The van der Waals surface area contributed by atoms with Crippen LogP contribution in [-0.4, -0.2) is 27.5 Å². The highest BCUT2D eigenvalue weighted by atomic mass is 16.5. The van der Waals surface area contributed by atoms with Crippen molar-refractivity contribution in [2.45, 2.75) is 39.3 Å². The Bertz CT molecular complexity index is 758. The van der Waals surface area contributed by atoms with Gasteiger partial charge in [0.25, 0.3) is 5.91 Å². The van der Waals surface area contributed by atoms with Crippen molar-refractivity contribution < 1.29 is 19.4 Å². The van der Waals surface area contributed by atoms with E-state index in [2.05, 4.69) is 10.3 Å². The van der Waals surface area contributed by atoms with Crippen LogP contribution >= 0.6 is 0 Å². The molecule has 25 heavy (non-hydrogen) atoms. The van der Waals surface area contributed by atoms with E-state index in [0.29, 0.717) is 11.3 Å². The number of carbonyl (C=O) groups excluding carboxylic acids is 1. The number of aromatic nitrogens is 1. The van der Waals surface area contributed by atoms with Crippen LogP contribution in [0.2, 0.25) is 0 Å². The molecule has 2 aromatic rings. The van der Waals surface area contributed by atoms with Gasteiger partial charge in [-0.2, -0.15) is 0 Å². The van der Waals surface area contributed by atoms with Gasteiger partial charge < -0.3 is 15.2 Å². The van der Waals surface area contributed by atoms with Crippen LogP contribution in [0.25, 0.3) is 0 Å². The van der Waals surface area contributed by atoms with E-state index in [9.17, 15) is 14.7 Å². The molecule has 132 valence electrons. The standard InChI is InChI=1S/C19H22N2O4/c1-4-19(3,18(23)24)21-17(22)15-7-5-6-14(10-15)12-25-16-9-8-13(2)20-11-16/h5-11H,4,12H2,1-3H3,(H,21,22)(H,23,24). The Morgan fingerprint density at radius 3 is 2.64 bits per heavy atom. The van der Waals surface area contributed by atoms with Gasteiger partial charge in [0, 0.05) is 11.3 Å².